The molecule has 0 saturated carbocycles. The van der Waals surface area contributed by atoms with Crippen molar-refractivity contribution in [3.63, 3.8) is 0 Å². The first kappa shape index (κ1) is 12.5. The second-order valence-electron chi connectivity index (χ2n) is 4.40. The number of rotatable bonds is 4. The predicted octanol–water partition coefficient (Wildman–Crippen LogP) is 1.77. The van der Waals surface area contributed by atoms with Crippen LogP contribution in [-0.4, -0.2) is 31.2 Å². The highest BCUT2D eigenvalue weighted by atomic mass is 79.9. The van der Waals surface area contributed by atoms with E-state index >= 15 is 0 Å². The third-order valence-electron chi connectivity index (χ3n) is 2.68. The second-order valence-corrected chi connectivity index (χ2v) is 5.31. The summed E-state index contributed by atoms with van der Waals surface area (Å²) in [5.74, 6) is -0.125. The van der Waals surface area contributed by atoms with Gasteiger partial charge in [0.2, 0.25) is 5.91 Å². The molecule has 5 heteroatoms. The molecule has 1 heterocycles. The molecule has 2 rings (SSSR count). The van der Waals surface area contributed by atoms with Gasteiger partial charge >= 0.3 is 0 Å². The van der Waals surface area contributed by atoms with Crippen molar-refractivity contribution in [2.75, 3.05) is 25.0 Å². The highest BCUT2D eigenvalue weighted by molar-refractivity contribution is 9.10. The number of hydrogen-bond acceptors (Lipinski definition) is 3. The van der Waals surface area contributed by atoms with Gasteiger partial charge in [0.1, 0.15) is 6.61 Å². The number of nitrogens with one attached hydrogen (secondary N) is 2. The van der Waals surface area contributed by atoms with E-state index in [4.69, 9.17) is 4.74 Å². The summed E-state index contributed by atoms with van der Waals surface area (Å²) < 4.78 is 6.53. The van der Waals surface area contributed by atoms with Crippen LogP contribution in [-0.2, 0) is 9.53 Å². The van der Waals surface area contributed by atoms with Crippen LogP contribution in [0.5, 0.6) is 0 Å². The molecular formula is C12H15BrN2O2. The van der Waals surface area contributed by atoms with E-state index in [0.29, 0.717) is 0 Å². The molecule has 1 saturated heterocycles. The van der Waals surface area contributed by atoms with Crippen LogP contribution < -0.4 is 10.6 Å². The van der Waals surface area contributed by atoms with Crippen molar-refractivity contribution in [3.05, 3.63) is 28.7 Å². The lowest BCUT2D eigenvalue weighted by molar-refractivity contribution is -0.130. The molecule has 1 aromatic carbocycles. The minimum Gasteiger partial charge on any atom is -0.363 e. The molecule has 2 N–H and O–H groups in total. The summed E-state index contributed by atoms with van der Waals surface area (Å²) in [6.45, 7) is 3.70. The summed E-state index contributed by atoms with van der Waals surface area (Å²) in [5, 5.41) is 5.90. The summed E-state index contributed by atoms with van der Waals surface area (Å²) in [5.41, 5.74) is 0.593. The SMILES string of the molecule is CC1(OCC(=O)Nc2ccc(Br)cc2)CNC1. The van der Waals surface area contributed by atoms with Crippen molar-refractivity contribution < 1.29 is 9.53 Å². The van der Waals surface area contributed by atoms with E-state index in [2.05, 4.69) is 26.6 Å². The van der Waals surface area contributed by atoms with Gasteiger partial charge in [0, 0.05) is 23.2 Å². The van der Waals surface area contributed by atoms with E-state index in [1.54, 1.807) is 0 Å². The number of ether oxygens (including phenoxy) is 1. The number of amides is 1. The number of benzene rings is 1. The summed E-state index contributed by atoms with van der Waals surface area (Å²) >= 11 is 3.34. The van der Waals surface area contributed by atoms with Gasteiger partial charge in [-0.2, -0.15) is 0 Å². The van der Waals surface area contributed by atoms with Crippen LogP contribution in [0.1, 0.15) is 6.92 Å². The lowest BCUT2D eigenvalue weighted by atomic mass is 10.0. The maximum Gasteiger partial charge on any atom is 0.250 e. The molecule has 0 bridgehead atoms. The summed E-state index contributed by atoms with van der Waals surface area (Å²) in [7, 11) is 0. The molecule has 0 spiro atoms. The van der Waals surface area contributed by atoms with E-state index < -0.39 is 0 Å². The Kier molecular flexibility index (Phi) is 3.81. The van der Waals surface area contributed by atoms with Gasteiger partial charge in [-0.1, -0.05) is 15.9 Å². The fourth-order valence-electron chi connectivity index (χ4n) is 1.55. The van der Waals surface area contributed by atoms with Gasteiger partial charge in [-0.05, 0) is 31.2 Å². The van der Waals surface area contributed by atoms with Crippen LogP contribution in [0.4, 0.5) is 5.69 Å². The van der Waals surface area contributed by atoms with Crippen LogP contribution in [0, 0.1) is 0 Å². The topological polar surface area (TPSA) is 50.4 Å². The van der Waals surface area contributed by atoms with Gasteiger partial charge in [-0.15, -0.1) is 0 Å². The van der Waals surface area contributed by atoms with Crippen LogP contribution in [0.25, 0.3) is 0 Å². The molecule has 1 aromatic rings. The first-order valence-electron chi connectivity index (χ1n) is 5.48. The number of hydrogen-bond donors (Lipinski definition) is 2. The Bertz CT molecular complexity index is 401. The first-order chi connectivity index (χ1) is 8.07. The lowest BCUT2D eigenvalue weighted by Crippen LogP contribution is -2.59. The second kappa shape index (κ2) is 5.16. The smallest absolute Gasteiger partial charge is 0.250 e. The van der Waals surface area contributed by atoms with Gasteiger partial charge in [-0.3, -0.25) is 4.79 Å². The van der Waals surface area contributed by atoms with Crippen molar-refractivity contribution in [1.82, 2.24) is 5.32 Å². The molecule has 0 radical (unpaired) electrons. The molecule has 0 aliphatic carbocycles. The van der Waals surface area contributed by atoms with E-state index in [1.807, 2.05) is 31.2 Å². The standard InChI is InChI=1S/C12H15BrN2O2/c1-12(7-14-8-12)17-6-11(16)15-10-4-2-9(13)3-5-10/h2-5,14H,6-8H2,1H3,(H,15,16). The van der Waals surface area contributed by atoms with Crippen LogP contribution in [0.3, 0.4) is 0 Å². The minimum absolute atomic E-state index is 0.0915. The molecule has 92 valence electrons. The molecule has 4 nitrogen and oxygen atoms in total. The van der Waals surface area contributed by atoms with Gasteiger partial charge in [0.15, 0.2) is 0 Å². The molecule has 1 fully saturated rings. The average Bonchev–Trinajstić information content (AvgIpc) is 2.27. The van der Waals surface area contributed by atoms with Gasteiger partial charge in [0.25, 0.3) is 0 Å². The van der Waals surface area contributed by atoms with Crippen molar-refractivity contribution in [2.24, 2.45) is 0 Å². The highest BCUT2D eigenvalue weighted by Gasteiger charge is 2.32. The molecule has 17 heavy (non-hydrogen) atoms. The quantitative estimate of drug-likeness (QED) is 0.891. The van der Waals surface area contributed by atoms with Crippen LogP contribution in [0.2, 0.25) is 0 Å². The number of carbonyl (C=O) groups excluding carboxylic acids is 1. The fourth-order valence-corrected chi connectivity index (χ4v) is 1.81. The Balaban J connectivity index is 1.79. The van der Waals surface area contributed by atoms with E-state index in [0.717, 1.165) is 23.2 Å². The van der Waals surface area contributed by atoms with Crippen molar-refractivity contribution in [3.8, 4) is 0 Å². The number of carbonyl (C=O) groups is 1. The maximum atomic E-state index is 11.6. The lowest BCUT2D eigenvalue weighted by Gasteiger charge is -2.38. The van der Waals surface area contributed by atoms with E-state index in [-0.39, 0.29) is 18.1 Å². The Morgan fingerprint density at radius 3 is 2.65 bits per heavy atom. The molecule has 0 unspecified atom stereocenters. The van der Waals surface area contributed by atoms with Crippen LogP contribution >= 0.6 is 15.9 Å². The van der Waals surface area contributed by atoms with Gasteiger partial charge < -0.3 is 15.4 Å². The Morgan fingerprint density at radius 1 is 1.47 bits per heavy atom. The third-order valence-corrected chi connectivity index (χ3v) is 3.21. The Labute approximate surface area is 109 Å². The fraction of sp³-hybridized carbons (Fsp3) is 0.417. The third kappa shape index (κ3) is 3.52. The van der Waals surface area contributed by atoms with Crippen LogP contribution in [0.15, 0.2) is 28.7 Å². The van der Waals surface area contributed by atoms with Crippen molar-refractivity contribution in [2.45, 2.75) is 12.5 Å². The zero-order chi connectivity index (χ0) is 12.3. The zero-order valence-electron chi connectivity index (χ0n) is 9.63. The summed E-state index contributed by atoms with van der Waals surface area (Å²) in [4.78, 5) is 11.6. The number of halogens is 1. The van der Waals surface area contributed by atoms with Gasteiger partial charge in [0.05, 0.1) is 5.60 Å². The Morgan fingerprint density at radius 2 is 2.12 bits per heavy atom. The van der Waals surface area contributed by atoms with E-state index in [1.165, 1.54) is 0 Å². The first-order valence-corrected chi connectivity index (χ1v) is 6.27. The average molecular weight is 299 g/mol. The monoisotopic (exact) mass is 298 g/mol. The molecule has 1 aliphatic heterocycles. The maximum absolute atomic E-state index is 11.6. The largest absolute Gasteiger partial charge is 0.363 e. The van der Waals surface area contributed by atoms with Crippen molar-refractivity contribution >= 4 is 27.5 Å². The van der Waals surface area contributed by atoms with Crippen molar-refractivity contribution in [1.29, 1.82) is 0 Å². The molecular weight excluding hydrogens is 284 g/mol. The molecule has 0 aromatic heterocycles. The molecule has 1 aliphatic rings. The minimum atomic E-state index is -0.183. The summed E-state index contributed by atoms with van der Waals surface area (Å²) in [6.07, 6.45) is 0. The predicted molar refractivity (Wildman–Crippen MR) is 70.0 cm³/mol. The summed E-state index contributed by atoms with van der Waals surface area (Å²) in [6, 6.07) is 7.45. The Hall–Kier alpha value is -0.910. The normalized spacial score (nSPS) is 17.3. The molecule has 1 amide bonds. The zero-order valence-corrected chi connectivity index (χ0v) is 11.2. The highest BCUT2D eigenvalue weighted by Crippen LogP contribution is 2.16. The molecule has 0 atom stereocenters. The van der Waals surface area contributed by atoms with E-state index in [9.17, 15) is 4.79 Å². The number of anilines is 1. The van der Waals surface area contributed by atoms with Gasteiger partial charge in [-0.25, -0.2) is 0 Å².